The second kappa shape index (κ2) is 6.83. The van der Waals surface area contributed by atoms with Gasteiger partial charge < -0.3 is 9.47 Å². The second-order valence-corrected chi connectivity index (χ2v) is 4.49. The standard InChI is InChI=1S/C16H18N2O3/c1-4-21-16(19)13-10-17-15(18-11(13)2)9-12-7-5-6-8-14(12)20-3/h5-8,10H,4,9H2,1-3H3. The summed E-state index contributed by atoms with van der Waals surface area (Å²) in [4.78, 5) is 20.3. The molecule has 0 saturated heterocycles. The van der Waals surface area contributed by atoms with Crippen molar-refractivity contribution in [1.82, 2.24) is 9.97 Å². The maximum atomic E-state index is 11.7. The van der Waals surface area contributed by atoms with Crippen LogP contribution in [0.15, 0.2) is 30.5 Å². The number of benzene rings is 1. The van der Waals surface area contributed by atoms with Crippen molar-refractivity contribution in [2.24, 2.45) is 0 Å². The van der Waals surface area contributed by atoms with Gasteiger partial charge in [0.2, 0.25) is 0 Å². The average Bonchev–Trinajstić information content (AvgIpc) is 2.48. The van der Waals surface area contributed by atoms with E-state index in [0.717, 1.165) is 11.3 Å². The summed E-state index contributed by atoms with van der Waals surface area (Å²) in [6.45, 7) is 3.88. The van der Waals surface area contributed by atoms with Crippen LogP contribution < -0.4 is 4.74 Å². The van der Waals surface area contributed by atoms with Gasteiger partial charge >= 0.3 is 5.97 Å². The molecule has 2 aromatic rings. The van der Waals surface area contributed by atoms with E-state index in [-0.39, 0.29) is 5.97 Å². The number of carbonyl (C=O) groups is 1. The molecule has 0 saturated carbocycles. The maximum absolute atomic E-state index is 11.7. The van der Waals surface area contributed by atoms with Crippen LogP contribution in [0.4, 0.5) is 0 Å². The van der Waals surface area contributed by atoms with Crippen molar-refractivity contribution in [3.63, 3.8) is 0 Å². The molecule has 2 rings (SSSR count). The first-order chi connectivity index (χ1) is 10.2. The Balaban J connectivity index is 2.22. The van der Waals surface area contributed by atoms with Crippen molar-refractivity contribution in [1.29, 1.82) is 0 Å². The van der Waals surface area contributed by atoms with E-state index in [4.69, 9.17) is 9.47 Å². The SMILES string of the molecule is CCOC(=O)c1cnc(Cc2ccccc2OC)nc1C. The molecule has 0 unspecified atom stereocenters. The van der Waals surface area contributed by atoms with Gasteiger partial charge in [0.25, 0.3) is 0 Å². The van der Waals surface area contributed by atoms with Gasteiger partial charge in [-0.3, -0.25) is 0 Å². The third-order valence-corrected chi connectivity index (χ3v) is 3.07. The molecule has 0 aliphatic heterocycles. The fourth-order valence-electron chi connectivity index (χ4n) is 2.03. The van der Waals surface area contributed by atoms with Crippen molar-refractivity contribution in [3.05, 3.63) is 53.1 Å². The highest BCUT2D eigenvalue weighted by molar-refractivity contribution is 5.90. The molecule has 0 spiro atoms. The van der Waals surface area contributed by atoms with Gasteiger partial charge in [0.1, 0.15) is 11.6 Å². The van der Waals surface area contributed by atoms with E-state index in [0.29, 0.717) is 30.1 Å². The molecule has 5 nitrogen and oxygen atoms in total. The lowest BCUT2D eigenvalue weighted by atomic mass is 10.1. The molecule has 1 heterocycles. The number of methoxy groups -OCH3 is 1. The number of esters is 1. The van der Waals surface area contributed by atoms with Crippen molar-refractivity contribution in [3.8, 4) is 5.75 Å². The fraction of sp³-hybridized carbons (Fsp3) is 0.312. The van der Waals surface area contributed by atoms with Crippen molar-refractivity contribution < 1.29 is 14.3 Å². The Kier molecular flexibility index (Phi) is 4.87. The number of hydrogen-bond acceptors (Lipinski definition) is 5. The molecule has 0 N–H and O–H groups in total. The van der Waals surface area contributed by atoms with Gasteiger partial charge in [-0.25, -0.2) is 14.8 Å². The quantitative estimate of drug-likeness (QED) is 0.790. The van der Waals surface area contributed by atoms with Gasteiger partial charge in [0, 0.05) is 18.2 Å². The Morgan fingerprint density at radius 2 is 2.05 bits per heavy atom. The molecule has 0 bridgehead atoms. The van der Waals surface area contributed by atoms with Gasteiger partial charge in [-0.15, -0.1) is 0 Å². The third-order valence-electron chi connectivity index (χ3n) is 3.07. The number of aryl methyl sites for hydroxylation is 1. The summed E-state index contributed by atoms with van der Waals surface area (Å²) < 4.78 is 10.3. The molecule has 0 amide bonds. The Labute approximate surface area is 124 Å². The molecule has 0 atom stereocenters. The predicted molar refractivity (Wildman–Crippen MR) is 78.5 cm³/mol. The lowest BCUT2D eigenvalue weighted by molar-refractivity contribution is 0.0524. The lowest BCUT2D eigenvalue weighted by Crippen LogP contribution is -2.10. The normalized spacial score (nSPS) is 10.2. The molecule has 21 heavy (non-hydrogen) atoms. The topological polar surface area (TPSA) is 61.3 Å². The molecular weight excluding hydrogens is 268 g/mol. The van der Waals surface area contributed by atoms with Gasteiger partial charge in [0.15, 0.2) is 0 Å². The molecule has 110 valence electrons. The number of rotatable bonds is 5. The van der Waals surface area contributed by atoms with Crippen LogP contribution in [0.5, 0.6) is 5.75 Å². The smallest absolute Gasteiger partial charge is 0.341 e. The minimum atomic E-state index is -0.390. The van der Waals surface area contributed by atoms with Crippen LogP contribution in [0.2, 0.25) is 0 Å². The zero-order chi connectivity index (χ0) is 15.2. The van der Waals surface area contributed by atoms with E-state index >= 15 is 0 Å². The van der Waals surface area contributed by atoms with E-state index in [2.05, 4.69) is 9.97 Å². The Bertz CT molecular complexity index is 641. The van der Waals surface area contributed by atoms with E-state index in [9.17, 15) is 4.79 Å². The third kappa shape index (κ3) is 3.56. The first-order valence-electron chi connectivity index (χ1n) is 6.77. The highest BCUT2D eigenvalue weighted by atomic mass is 16.5. The van der Waals surface area contributed by atoms with Crippen molar-refractivity contribution in [2.75, 3.05) is 13.7 Å². The summed E-state index contributed by atoms with van der Waals surface area (Å²) in [6.07, 6.45) is 2.07. The Hall–Kier alpha value is -2.43. The number of nitrogens with zero attached hydrogens (tertiary/aromatic N) is 2. The maximum Gasteiger partial charge on any atom is 0.341 e. The summed E-state index contributed by atoms with van der Waals surface area (Å²) in [5, 5.41) is 0. The highest BCUT2D eigenvalue weighted by Gasteiger charge is 2.13. The van der Waals surface area contributed by atoms with E-state index in [1.807, 2.05) is 24.3 Å². The molecule has 1 aromatic carbocycles. The average molecular weight is 286 g/mol. The molecule has 5 heteroatoms. The lowest BCUT2D eigenvalue weighted by Gasteiger charge is -2.09. The summed E-state index contributed by atoms with van der Waals surface area (Å²) in [5.41, 5.74) is 2.03. The minimum Gasteiger partial charge on any atom is -0.496 e. The Morgan fingerprint density at radius 1 is 1.29 bits per heavy atom. The monoisotopic (exact) mass is 286 g/mol. The largest absolute Gasteiger partial charge is 0.496 e. The summed E-state index contributed by atoms with van der Waals surface area (Å²) in [5.74, 6) is 1.05. The van der Waals surface area contributed by atoms with Crippen LogP contribution >= 0.6 is 0 Å². The van der Waals surface area contributed by atoms with Gasteiger partial charge in [-0.2, -0.15) is 0 Å². The summed E-state index contributed by atoms with van der Waals surface area (Å²) in [6, 6.07) is 7.72. The predicted octanol–water partition coefficient (Wildman–Crippen LogP) is 2.56. The highest BCUT2D eigenvalue weighted by Crippen LogP contribution is 2.20. The molecule has 0 fully saturated rings. The summed E-state index contributed by atoms with van der Waals surface area (Å²) in [7, 11) is 1.63. The van der Waals surface area contributed by atoms with E-state index in [1.165, 1.54) is 6.20 Å². The first kappa shape index (κ1) is 15.0. The molecule has 0 aliphatic carbocycles. The first-order valence-corrected chi connectivity index (χ1v) is 6.77. The van der Waals surface area contributed by atoms with Crippen LogP contribution in [0, 0.1) is 6.92 Å². The number of aromatic nitrogens is 2. The molecule has 0 aliphatic rings. The van der Waals surface area contributed by atoms with Gasteiger partial charge in [0.05, 0.1) is 25.0 Å². The van der Waals surface area contributed by atoms with Gasteiger partial charge in [-0.1, -0.05) is 18.2 Å². The molecule has 1 aromatic heterocycles. The van der Waals surface area contributed by atoms with Gasteiger partial charge in [-0.05, 0) is 19.9 Å². The fourth-order valence-corrected chi connectivity index (χ4v) is 2.03. The number of para-hydroxylation sites is 1. The van der Waals surface area contributed by atoms with Crippen LogP contribution in [-0.4, -0.2) is 29.7 Å². The number of carbonyl (C=O) groups excluding carboxylic acids is 1. The van der Waals surface area contributed by atoms with Crippen LogP contribution in [0.3, 0.4) is 0 Å². The Morgan fingerprint density at radius 3 is 2.71 bits per heavy atom. The van der Waals surface area contributed by atoms with Crippen molar-refractivity contribution in [2.45, 2.75) is 20.3 Å². The van der Waals surface area contributed by atoms with Crippen LogP contribution in [0.1, 0.15) is 34.4 Å². The van der Waals surface area contributed by atoms with Crippen LogP contribution in [0.25, 0.3) is 0 Å². The number of hydrogen-bond donors (Lipinski definition) is 0. The van der Waals surface area contributed by atoms with Crippen molar-refractivity contribution >= 4 is 5.97 Å². The number of ether oxygens (including phenoxy) is 2. The van der Waals surface area contributed by atoms with E-state index < -0.39 is 0 Å². The summed E-state index contributed by atoms with van der Waals surface area (Å²) >= 11 is 0. The zero-order valence-corrected chi connectivity index (χ0v) is 12.4. The molecule has 0 radical (unpaired) electrons. The zero-order valence-electron chi connectivity index (χ0n) is 12.4. The van der Waals surface area contributed by atoms with Crippen LogP contribution in [-0.2, 0) is 11.2 Å². The second-order valence-electron chi connectivity index (χ2n) is 4.49. The minimum absolute atomic E-state index is 0.335. The molecular formula is C16H18N2O3. The van der Waals surface area contributed by atoms with E-state index in [1.54, 1.807) is 21.0 Å².